The van der Waals surface area contributed by atoms with Crippen LogP contribution >= 0.6 is 0 Å². The van der Waals surface area contributed by atoms with Gasteiger partial charge in [-0.2, -0.15) is 0 Å². The third-order valence-corrected chi connectivity index (χ3v) is 4.09. The maximum atomic E-state index is 5.19. The molecule has 0 unspecified atom stereocenters. The van der Waals surface area contributed by atoms with Crippen molar-refractivity contribution in [2.75, 3.05) is 53.4 Å². The van der Waals surface area contributed by atoms with Crippen molar-refractivity contribution in [1.29, 1.82) is 0 Å². The van der Waals surface area contributed by atoms with E-state index in [1.807, 2.05) is 12.1 Å². The van der Waals surface area contributed by atoms with Crippen LogP contribution in [0.25, 0.3) is 0 Å². The van der Waals surface area contributed by atoms with Crippen LogP contribution in [0.15, 0.2) is 24.3 Å². The third-order valence-electron chi connectivity index (χ3n) is 4.09. The normalized spacial score (nSPS) is 18.9. The Kier molecular flexibility index (Phi) is 5.83. The Bertz CT molecular complexity index is 385. The van der Waals surface area contributed by atoms with Crippen LogP contribution in [0, 0.1) is 0 Å². The lowest BCUT2D eigenvalue weighted by Gasteiger charge is -2.32. The average Bonchev–Trinajstić information content (AvgIpc) is 2.49. The van der Waals surface area contributed by atoms with Gasteiger partial charge in [-0.1, -0.05) is 12.1 Å². The molecule has 0 bridgehead atoms. The van der Waals surface area contributed by atoms with Gasteiger partial charge in [0, 0.05) is 45.3 Å². The van der Waals surface area contributed by atoms with Gasteiger partial charge in [0.25, 0.3) is 0 Å². The molecule has 0 spiro atoms. The van der Waals surface area contributed by atoms with E-state index >= 15 is 0 Å². The van der Waals surface area contributed by atoms with E-state index < -0.39 is 0 Å². The highest BCUT2D eigenvalue weighted by Gasteiger charge is 2.13. The molecule has 1 atom stereocenters. The number of rotatable bonds is 6. The predicted molar refractivity (Wildman–Crippen MR) is 83.3 cm³/mol. The van der Waals surface area contributed by atoms with Gasteiger partial charge in [-0.15, -0.1) is 0 Å². The molecule has 1 aliphatic heterocycles. The van der Waals surface area contributed by atoms with Crippen molar-refractivity contribution in [3.05, 3.63) is 29.8 Å². The minimum Gasteiger partial charge on any atom is -0.497 e. The summed E-state index contributed by atoms with van der Waals surface area (Å²) in [5.41, 5.74) is 1.31. The van der Waals surface area contributed by atoms with E-state index in [9.17, 15) is 0 Å². The van der Waals surface area contributed by atoms with Crippen LogP contribution in [0.2, 0.25) is 0 Å². The lowest BCUT2D eigenvalue weighted by Crippen LogP contribution is -2.46. The van der Waals surface area contributed by atoms with Crippen LogP contribution in [0.1, 0.15) is 18.5 Å². The lowest BCUT2D eigenvalue weighted by atomic mass is 10.1. The zero-order chi connectivity index (χ0) is 14.4. The first kappa shape index (κ1) is 15.3. The molecule has 1 aromatic rings. The molecule has 1 fully saturated rings. The fourth-order valence-electron chi connectivity index (χ4n) is 2.52. The van der Waals surface area contributed by atoms with Gasteiger partial charge in [-0.25, -0.2) is 0 Å². The van der Waals surface area contributed by atoms with Crippen molar-refractivity contribution in [3.8, 4) is 5.75 Å². The van der Waals surface area contributed by atoms with Crippen LogP contribution in [-0.2, 0) is 0 Å². The van der Waals surface area contributed by atoms with Crippen molar-refractivity contribution >= 4 is 0 Å². The van der Waals surface area contributed by atoms with E-state index in [4.69, 9.17) is 4.74 Å². The molecule has 0 aliphatic carbocycles. The van der Waals surface area contributed by atoms with Crippen molar-refractivity contribution in [1.82, 2.24) is 15.1 Å². The molecule has 1 N–H and O–H groups in total. The van der Waals surface area contributed by atoms with Crippen LogP contribution in [0.5, 0.6) is 5.75 Å². The molecule has 1 saturated heterocycles. The Labute approximate surface area is 122 Å². The Morgan fingerprint density at radius 2 is 1.80 bits per heavy atom. The van der Waals surface area contributed by atoms with Gasteiger partial charge in [-0.05, 0) is 31.7 Å². The summed E-state index contributed by atoms with van der Waals surface area (Å²) in [7, 11) is 3.90. The first-order valence-electron chi connectivity index (χ1n) is 7.47. The van der Waals surface area contributed by atoms with Gasteiger partial charge in [0.05, 0.1) is 7.11 Å². The molecule has 0 amide bonds. The van der Waals surface area contributed by atoms with Gasteiger partial charge < -0.3 is 15.0 Å². The van der Waals surface area contributed by atoms with Crippen LogP contribution in [-0.4, -0.2) is 63.2 Å². The molecule has 0 radical (unpaired) electrons. The molecule has 0 aromatic heterocycles. The Morgan fingerprint density at radius 1 is 1.15 bits per heavy atom. The Balaban J connectivity index is 1.70. The second-order valence-electron chi connectivity index (χ2n) is 5.59. The van der Waals surface area contributed by atoms with Gasteiger partial charge >= 0.3 is 0 Å². The number of likely N-dealkylation sites (N-methyl/N-ethyl adjacent to an activating group) is 1. The average molecular weight is 277 g/mol. The largest absolute Gasteiger partial charge is 0.497 e. The van der Waals surface area contributed by atoms with Gasteiger partial charge in [0.1, 0.15) is 5.75 Å². The third kappa shape index (κ3) is 4.47. The minimum absolute atomic E-state index is 0.383. The monoisotopic (exact) mass is 277 g/mol. The fourth-order valence-corrected chi connectivity index (χ4v) is 2.52. The first-order chi connectivity index (χ1) is 9.69. The van der Waals surface area contributed by atoms with Crippen LogP contribution < -0.4 is 10.1 Å². The van der Waals surface area contributed by atoms with Gasteiger partial charge in [0.2, 0.25) is 0 Å². The van der Waals surface area contributed by atoms with E-state index in [2.05, 4.69) is 41.2 Å². The zero-order valence-corrected chi connectivity index (χ0v) is 12.9. The fraction of sp³-hybridized carbons (Fsp3) is 0.625. The summed E-state index contributed by atoms with van der Waals surface area (Å²) in [5, 5.41) is 3.60. The second kappa shape index (κ2) is 7.62. The first-order valence-corrected chi connectivity index (χ1v) is 7.47. The second-order valence-corrected chi connectivity index (χ2v) is 5.59. The highest BCUT2D eigenvalue weighted by Crippen LogP contribution is 2.16. The highest BCUT2D eigenvalue weighted by molar-refractivity contribution is 5.28. The number of methoxy groups -OCH3 is 1. The van der Waals surface area contributed by atoms with Crippen molar-refractivity contribution in [3.63, 3.8) is 0 Å². The minimum atomic E-state index is 0.383. The van der Waals surface area contributed by atoms with E-state index in [0.717, 1.165) is 18.8 Å². The summed E-state index contributed by atoms with van der Waals surface area (Å²) in [6.07, 6.45) is 0. The summed E-state index contributed by atoms with van der Waals surface area (Å²) in [6.45, 7) is 9.14. The molecule has 1 aromatic carbocycles. The molecular weight excluding hydrogens is 250 g/mol. The van der Waals surface area contributed by atoms with Crippen molar-refractivity contribution < 1.29 is 4.74 Å². The molecule has 20 heavy (non-hydrogen) atoms. The van der Waals surface area contributed by atoms with Gasteiger partial charge in [0.15, 0.2) is 0 Å². The number of piperazine rings is 1. The summed E-state index contributed by atoms with van der Waals surface area (Å²) in [6, 6.07) is 8.69. The molecule has 0 saturated carbocycles. The number of benzene rings is 1. The van der Waals surface area contributed by atoms with E-state index in [1.165, 1.54) is 31.7 Å². The van der Waals surface area contributed by atoms with Crippen molar-refractivity contribution in [2.24, 2.45) is 0 Å². The van der Waals surface area contributed by atoms with E-state index in [-0.39, 0.29) is 0 Å². The molecular formula is C16H27N3O. The molecule has 1 heterocycles. The predicted octanol–water partition coefficient (Wildman–Crippen LogP) is 1.59. The SMILES string of the molecule is COc1ccc([C@@H](C)NCCN2CCN(C)CC2)cc1. The topological polar surface area (TPSA) is 27.7 Å². The number of hydrogen-bond donors (Lipinski definition) is 1. The van der Waals surface area contributed by atoms with Crippen molar-refractivity contribution in [2.45, 2.75) is 13.0 Å². The smallest absolute Gasteiger partial charge is 0.118 e. The maximum absolute atomic E-state index is 5.19. The summed E-state index contributed by atoms with van der Waals surface area (Å²) >= 11 is 0. The molecule has 2 rings (SSSR count). The van der Waals surface area contributed by atoms with Crippen LogP contribution in [0.4, 0.5) is 0 Å². The Morgan fingerprint density at radius 3 is 2.40 bits per heavy atom. The zero-order valence-electron chi connectivity index (χ0n) is 12.9. The maximum Gasteiger partial charge on any atom is 0.118 e. The molecule has 1 aliphatic rings. The number of hydrogen-bond acceptors (Lipinski definition) is 4. The molecule has 4 heteroatoms. The number of nitrogens with one attached hydrogen (secondary N) is 1. The standard InChI is InChI=1S/C16H27N3O/c1-14(15-4-6-16(20-3)7-5-15)17-8-9-19-12-10-18(2)11-13-19/h4-7,14,17H,8-13H2,1-3H3/t14-/m1/s1. The quantitative estimate of drug-likeness (QED) is 0.855. The highest BCUT2D eigenvalue weighted by atomic mass is 16.5. The summed E-state index contributed by atoms with van der Waals surface area (Å²) in [5.74, 6) is 0.915. The lowest BCUT2D eigenvalue weighted by molar-refractivity contribution is 0.154. The van der Waals surface area contributed by atoms with E-state index in [0.29, 0.717) is 6.04 Å². The summed E-state index contributed by atoms with van der Waals surface area (Å²) in [4.78, 5) is 4.93. The Hall–Kier alpha value is -1.10. The molecule has 4 nitrogen and oxygen atoms in total. The van der Waals surface area contributed by atoms with Gasteiger partial charge in [-0.3, -0.25) is 4.90 Å². The number of ether oxygens (including phenoxy) is 1. The molecule has 112 valence electrons. The van der Waals surface area contributed by atoms with Crippen LogP contribution in [0.3, 0.4) is 0 Å². The summed E-state index contributed by atoms with van der Waals surface area (Å²) < 4.78 is 5.19. The number of nitrogens with zero attached hydrogens (tertiary/aromatic N) is 2. The van der Waals surface area contributed by atoms with E-state index in [1.54, 1.807) is 7.11 Å².